The molecule has 1 unspecified atom stereocenters. The number of amides is 1. The molecular weight excluding hydrogens is 492 g/mol. The average molecular weight is 525 g/mol. The second-order valence-corrected chi connectivity index (χ2v) is 9.57. The van der Waals surface area contributed by atoms with E-state index >= 15 is 0 Å². The Morgan fingerprint density at radius 1 is 0.923 bits per heavy atom. The molecule has 39 heavy (non-hydrogen) atoms. The largest absolute Gasteiger partial charge is 0.503 e. The van der Waals surface area contributed by atoms with Crippen LogP contribution in [-0.4, -0.2) is 66.0 Å². The van der Waals surface area contributed by atoms with Gasteiger partial charge in [-0.1, -0.05) is 66.7 Å². The first kappa shape index (κ1) is 26.4. The molecule has 3 aromatic rings. The summed E-state index contributed by atoms with van der Waals surface area (Å²) in [4.78, 5) is 30.7. The third kappa shape index (κ3) is 6.45. The summed E-state index contributed by atoms with van der Waals surface area (Å²) in [5, 5.41) is 11.0. The van der Waals surface area contributed by atoms with Crippen LogP contribution < -0.4 is 4.74 Å². The van der Waals surface area contributed by atoms with E-state index in [9.17, 15) is 14.7 Å². The number of ether oxygens (including phenoxy) is 2. The van der Waals surface area contributed by atoms with Crippen LogP contribution in [-0.2, 0) is 14.3 Å². The molecular formula is C32H32N2O5. The molecule has 1 saturated heterocycles. The molecule has 0 spiro atoms. The SMILES string of the molecule is O=C(/C=C/c1ccccc1)C1=C(O)C(=O)N(CCCN2CCOCC2)C1c1cccc(Oc2ccccc2)c1. The van der Waals surface area contributed by atoms with E-state index in [0.29, 0.717) is 43.2 Å². The number of morpholine rings is 1. The van der Waals surface area contributed by atoms with Gasteiger partial charge in [-0.25, -0.2) is 0 Å². The highest BCUT2D eigenvalue weighted by Gasteiger charge is 2.42. The predicted molar refractivity (Wildman–Crippen MR) is 149 cm³/mol. The van der Waals surface area contributed by atoms with Crippen LogP contribution in [0.5, 0.6) is 11.5 Å². The van der Waals surface area contributed by atoms with Gasteiger partial charge in [0, 0.05) is 26.2 Å². The number of allylic oxidation sites excluding steroid dienone is 1. The maximum atomic E-state index is 13.5. The van der Waals surface area contributed by atoms with Gasteiger partial charge in [-0.2, -0.15) is 0 Å². The highest BCUT2D eigenvalue weighted by molar-refractivity contribution is 6.14. The number of para-hydroxylation sites is 1. The molecule has 2 aliphatic heterocycles. The summed E-state index contributed by atoms with van der Waals surface area (Å²) in [5.74, 6) is -0.173. The zero-order valence-corrected chi connectivity index (χ0v) is 21.7. The number of hydrogen-bond donors (Lipinski definition) is 1. The monoisotopic (exact) mass is 524 g/mol. The van der Waals surface area contributed by atoms with Crippen molar-refractivity contribution in [1.82, 2.24) is 9.80 Å². The second-order valence-electron chi connectivity index (χ2n) is 9.57. The summed E-state index contributed by atoms with van der Waals surface area (Å²) in [5.41, 5.74) is 1.63. The van der Waals surface area contributed by atoms with Gasteiger partial charge >= 0.3 is 0 Å². The molecule has 0 aliphatic carbocycles. The number of aliphatic hydroxyl groups excluding tert-OH is 1. The van der Waals surface area contributed by atoms with E-state index in [-0.39, 0.29) is 5.57 Å². The zero-order chi connectivity index (χ0) is 27.0. The normalized spacial score (nSPS) is 18.2. The van der Waals surface area contributed by atoms with Gasteiger partial charge in [0.15, 0.2) is 11.5 Å². The van der Waals surface area contributed by atoms with Crippen LogP contribution in [0.3, 0.4) is 0 Å². The molecule has 7 heteroatoms. The predicted octanol–water partition coefficient (Wildman–Crippen LogP) is 5.18. The quantitative estimate of drug-likeness (QED) is 0.368. The van der Waals surface area contributed by atoms with Crippen LogP contribution >= 0.6 is 0 Å². The van der Waals surface area contributed by atoms with E-state index in [0.717, 1.165) is 25.2 Å². The summed E-state index contributed by atoms with van der Waals surface area (Å²) < 4.78 is 11.5. The standard InChI is InChI=1S/C32H32N2O5/c35-28(16-15-24-9-3-1-4-10-24)29-30(25-11-7-14-27(23-25)39-26-12-5-2-6-13-26)34(32(37)31(29)36)18-8-17-33-19-21-38-22-20-33/h1-7,9-16,23,30,36H,8,17-22H2/b16-15+. The number of carbonyl (C=O) groups excluding carboxylic acids is 2. The Hall–Kier alpha value is -4.20. The first-order chi connectivity index (χ1) is 19.1. The Kier molecular flexibility index (Phi) is 8.51. The summed E-state index contributed by atoms with van der Waals surface area (Å²) in [6.07, 6.45) is 3.82. The van der Waals surface area contributed by atoms with Gasteiger partial charge in [0.2, 0.25) is 0 Å². The summed E-state index contributed by atoms with van der Waals surface area (Å²) in [6, 6.07) is 25.5. The van der Waals surface area contributed by atoms with Crippen molar-refractivity contribution in [1.29, 1.82) is 0 Å². The first-order valence-corrected chi connectivity index (χ1v) is 13.2. The Morgan fingerprint density at radius 2 is 1.62 bits per heavy atom. The second kappa shape index (κ2) is 12.6. The lowest BCUT2D eigenvalue weighted by molar-refractivity contribution is -0.129. The molecule has 0 bridgehead atoms. The number of hydrogen-bond acceptors (Lipinski definition) is 6. The molecule has 0 aromatic heterocycles. The molecule has 200 valence electrons. The number of benzene rings is 3. The molecule has 2 heterocycles. The van der Waals surface area contributed by atoms with Crippen LogP contribution in [0.2, 0.25) is 0 Å². The zero-order valence-electron chi connectivity index (χ0n) is 21.7. The summed E-state index contributed by atoms with van der Waals surface area (Å²) in [6.45, 7) is 4.31. The van der Waals surface area contributed by atoms with E-state index < -0.39 is 23.5 Å². The summed E-state index contributed by atoms with van der Waals surface area (Å²) >= 11 is 0. The Balaban J connectivity index is 1.42. The third-order valence-electron chi connectivity index (χ3n) is 6.93. The smallest absolute Gasteiger partial charge is 0.290 e. The van der Waals surface area contributed by atoms with E-state index in [4.69, 9.17) is 9.47 Å². The lowest BCUT2D eigenvalue weighted by atomic mass is 9.95. The molecule has 1 fully saturated rings. The van der Waals surface area contributed by atoms with Crippen molar-refractivity contribution < 1.29 is 24.2 Å². The molecule has 1 amide bonds. The van der Waals surface area contributed by atoms with Crippen molar-refractivity contribution in [2.45, 2.75) is 12.5 Å². The molecule has 1 N–H and O–H groups in total. The molecule has 5 rings (SSSR count). The minimum absolute atomic E-state index is 0.0791. The number of rotatable bonds is 10. The fourth-order valence-electron chi connectivity index (χ4n) is 4.97. The van der Waals surface area contributed by atoms with Crippen LogP contribution in [0.15, 0.2) is 102 Å². The van der Waals surface area contributed by atoms with E-state index in [1.165, 1.54) is 6.08 Å². The molecule has 1 atom stereocenters. The lowest BCUT2D eigenvalue weighted by Crippen LogP contribution is -2.39. The summed E-state index contributed by atoms with van der Waals surface area (Å²) in [7, 11) is 0. The van der Waals surface area contributed by atoms with Gasteiger partial charge in [-0.15, -0.1) is 0 Å². The van der Waals surface area contributed by atoms with Crippen molar-refractivity contribution in [3.8, 4) is 11.5 Å². The number of aliphatic hydroxyl groups is 1. The maximum Gasteiger partial charge on any atom is 0.290 e. The fraction of sp³-hybridized carbons (Fsp3) is 0.250. The van der Waals surface area contributed by atoms with Gasteiger partial charge in [-0.3, -0.25) is 14.5 Å². The minimum atomic E-state index is -0.727. The lowest BCUT2D eigenvalue weighted by Gasteiger charge is -2.30. The van der Waals surface area contributed by atoms with Gasteiger partial charge in [0.05, 0.1) is 24.8 Å². The van der Waals surface area contributed by atoms with Crippen LogP contribution in [0, 0.1) is 0 Å². The van der Waals surface area contributed by atoms with Crippen molar-refractivity contribution >= 4 is 17.8 Å². The molecule has 0 radical (unpaired) electrons. The van der Waals surface area contributed by atoms with E-state index in [1.807, 2.05) is 84.9 Å². The number of ketones is 1. The first-order valence-electron chi connectivity index (χ1n) is 13.2. The highest BCUT2D eigenvalue weighted by Crippen LogP contribution is 2.39. The molecule has 2 aliphatic rings. The highest BCUT2D eigenvalue weighted by atomic mass is 16.5. The molecule has 7 nitrogen and oxygen atoms in total. The van der Waals surface area contributed by atoms with Crippen molar-refractivity contribution in [3.63, 3.8) is 0 Å². The van der Waals surface area contributed by atoms with Crippen LogP contribution in [0.1, 0.15) is 23.6 Å². The van der Waals surface area contributed by atoms with Crippen LogP contribution in [0.25, 0.3) is 6.08 Å². The fourth-order valence-corrected chi connectivity index (χ4v) is 4.97. The van der Waals surface area contributed by atoms with Gasteiger partial charge in [-0.05, 0) is 47.9 Å². The Labute approximate surface area is 228 Å². The topological polar surface area (TPSA) is 79.3 Å². The average Bonchev–Trinajstić information content (AvgIpc) is 3.23. The Morgan fingerprint density at radius 3 is 2.36 bits per heavy atom. The minimum Gasteiger partial charge on any atom is -0.503 e. The van der Waals surface area contributed by atoms with Gasteiger partial charge in [0.1, 0.15) is 11.5 Å². The Bertz CT molecular complexity index is 1350. The molecule has 0 saturated carbocycles. The van der Waals surface area contributed by atoms with Crippen molar-refractivity contribution in [3.05, 3.63) is 113 Å². The van der Waals surface area contributed by atoms with Gasteiger partial charge in [0.25, 0.3) is 5.91 Å². The number of carbonyl (C=O) groups is 2. The molecule has 3 aromatic carbocycles. The van der Waals surface area contributed by atoms with Crippen molar-refractivity contribution in [2.24, 2.45) is 0 Å². The van der Waals surface area contributed by atoms with Gasteiger partial charge < -0.3 is 19.5 Å². The van der Waals surface area contributed by atoms with Crippen molar-refractivity contribution in [2.75, 3.05) is 39.4 Å². The third-order valence-corrected chi connectivity index (χ3v) is 6.93. The van der Waals surface area contributed by atoms with E-state index in [2.05, 4.69) is 4.90 Å². The maximum absolute atomic E-state index is 13.5. The number of nitrogens with zero attached hydrogens (tertiary/aromatic N) is 2. The van der Waals surface area contributed by atoms with E-state index in [1.54, 1.807) is 11.0 Å². The van der Waals surface area contributed by atoms with Crippen LogP contribution in [0.4, 0.5) is 0 Å².